The molecule has 0 unspecified atom stereocenters. The predicted octanol–water partition coefficient (Wildman–Crippen LogP) is 3.28. The molecule has 0 saturated carbocycles. The number of pyridine rings is 1. The monoisotopic (exact) mass is 332 g/mol. The fourth-order valence-electron chi connectivity index (χ4n) is 2.82. The first-order chi connectivity index (χ1) is 11.1. The molecule has 0 amide bonds. The Morgan fingerprint density at radius 1 is 1.17 bits per heavy atom. The van der Waals surface area contributed by atoms with Crippen LogP contribution in [0.4, 0.5) is 17.2 Å². The van der Waals surface area contributed by atoms with E-state index in [0.29, 0.717) is 23.8 Å². The SMILES string of the molecule is Cc1ccc(N2CCN(c3ncccc3Cl)CC2)c([N+](=O)[O-])c1. The maximum absolute atomic E-state index is 11.3. The third-order valence-electron chi connectivity index (χ3n) is 3.99. The van der Waals surface area contributed by atoms with E-state index in [-0.39, 0.29) is 10.6 Å². The van der Waals surface area contributed by atoms with Gasteiger partial charge in [-0.3, -0.25) is 10.1 Å². The number of hydrogen-bond acceptors (Lipinski definition) is 5. The van der Waals surface area contributed by atoms with Crippen molar-refractivity contribution in [1.82, 2.24) is 4.98 Å². The van der Waals surface area contributed by atoms with Gasteiger partial charge in [-0.05, 0) is 30.7 Å². The molecule has 23 heavy (non-hydrogen) atoms. The number of benzene rings is 1. The van der Waals surface area contributed by atoms with E-state index in [2.05, 4.69) is 9.88 Å². The molecule has 1 fully saturated rings. The van der Waals surface area contributed by atoms with Gasteiger partial charge in [-0.25, -0.2) is 4.98 Å². The van der Waals surface area contributed by atoms with Gasteiger partial charge in [0.2, 0.25) is 0 Å². The van der Waals surface area contributed by atoms with Gasteiger partial charge in [0.05, 0.1) is 9.95 Å². The molecule has 7 heteroatoms. The molecule has 1 aliphatic rings. The summed E-state index contributed by atoms with van der Waals surface area (Å²) in [7, 11) is 0. The summed E-state index contributed by atoms with van der Waals surface area (Å²) in [6, 6.07) is 8.98. The molecule has 6 nitrogen and oxygen atoms in total. The Labute approximate surface area is 139 Å². The van der Waals surface area contributed by atoms with Crippen LogP contribution in [0, 0.1) is 17.0 Å². The van der Waals surface area contributed by atoms with Crippen molar-refractivity contribution >= 4 is 28.8 Å². The summed E-state index contributed by atoms with van der Waals surface area (Å²) in [5.41, 5.74) is 1.72. The van der Waals surface area contributed by atoms with E-state index in [0.717, 1.165) is 24.5 Å². The van der Waals surface area contributed by atoms with Gasteiger partial charge in [-0.1, -0.05) is 17.7 Å². The average molecular weight is 333 g/mol. The van der Waals surface area contributed by atoms with Crippen molar-refractivity contribution in [2.24, 2.45) is 0 Å². The highest BCUT2D eigenvalue weighted by Gasteiger charge is 2.24. The van der Waals surface area contributed by atoms with Crippen LogP contribution >= 0.6 is 11.6 Å². The Balaban J connectivity index is 1.77. The average Bonchev–Trinajstić information content (AvgIpc) is 2.55. The summed E-state index contributed by atoms with van der Waals surface area (Å²) < 4.78 is 0. The number of piperazine rings is 1. The summed E-state index contributed by atoms with van der Waals surface area (Å²) in [6.45, 7) is 4.69. The number of anilines is 2. The van der Waals surface area contributed by atoms with E-state index in [4.69, 9.17) is 11.6 Å². The maximum Gasteiger partial charge on any atom is 0.292 e. The molecule has 2 aromatic rings. The lowest BCUT2D eigenvalue weighted by molar-refractivity contribution is -0.384. The lowest BCUT2D eigenvalue weighted by Gasteiger charge is -2.36. The van der Waals surface area contributed by atoms with E-state index in [1.807, 2.05) is 30.0 Å². The summed E-state index contributed by atoms with van der Waals surface area (Å²) in [5, 5.41) is 11.9. The Bertz CT molecular complexity index is 730. The van der Waals surface area contributed by atoms with Crippen LogP contribution in [-0.4, -0.2) is 36.1 Å². The fraction of sp³-hybridized carbons (Fsp3) is 0.312. The number of hydrogen-bond donors (Lipinski definition) is 0. The predicted molar refractivity (Wildman–Crippen MR) is 91.5 cm³/mol. The smallest absolute Gasteiger partial charge is 0.292 e. The van der Waals surface area contributed by atoms with Crippen molar-refractivity contribution in [3.8, 4) is 0 Å². The molecule has 120 valence electrons. The molecule has 0 radical (unpaired) electrons. The zero-order valence-corrected chi connectivity index (χ0v) is 13.5. The second-order valence-electron chi connectivity index (χ2n) is 5.53. The minimum atomic E-state index is -0.315. The van der Waals surface area contributed by atoms with Crippen LogP contribution < -0.4 is 9.80 Å². The quantitative estimate of drug-likeness (QED) is 0.637. The van der Waals surface area contributed by atoms with Crippen molar-refractivity contribution in [3.05, 3.63) is 57.2 Å². The lowest BCUT2D eigenvalue weighted by atomic mass is 10.1. The maximum atomic E-state index is 11.3. The molecular weight excluding hydrogens is 316 g/mol. The Morgan fingerprint density at radius 3 is 2.52 bits per heavy atom. The third kappa shape index (κ3) is 3.22. The number of nitrogens with zero attached hydrogens (tertiary/aromatic N) is 4. The topological polar surface area (TPSA) is 62.5 Å². The zero-order chi connectivity index (χ0) is 16.4. The van der Waals surface area contributed by atoms with E-state index in [1.165, 1.54) is 0 Å². The number of nitro benzene ring substituents is 1. The summed E-state index contributed by atoms with van der Waals surface area (Å²) in [4.78, 5) is 19.5. The Hall–Kier alpha value is -2.34. The van der Waals surface area contributed by atoms with Crippen LogP contribution in [0.2, 0.25) is 5.02 Å². The standard InChI is InChI=1S/C16H17ClN4O2/c1-12-4-5-14(15(11-12)21(22)23)19-7-9-20(10-8-19)16-13(17)3-2-6-18-16/h2-6,11H,7-10H2,1H3. The summed E-state index contributed by atoms with van der Waals surface area (Å²) in [5.74, 6) is 0.771. The first kappa shape index (κ1) is 15.6. The molecule has 2 heterocycles. The number of rotatable bonds is 3. The molecule has 0 bridgehead atoms. The van der Waals surface area contributed by atoms with Gasteiger partial charge in [-0.2, -0.15) is 0 Å². The van der Waals surface area contributed by atoms with Crippen molar-refractivity contribution in [2.75, 3.05) is 36.0 Å². The van der Waals surface area contributed by atoms with E-state index in [1.54, 1.807) is 18.3 Å². The molecule has 0 aliphatic carbocycles. The molecule has 1 aliphatic heterocycles. The van der Waals surface area contributed by atoms with Crippen LogP contribution in [0.5, 0.6) is 0 Å². The molecule has 1 saturated heterocycles. The minimum absolute atomic E-state index is 0.161. The minimum Gasteiger partial charge on any atom is -0.362 e. The first-order valence-electron chi connectivity index (χ1n) is 7.42. The molecule has 1 aromatic carbocycles. The van der Waals surface area contributed by atoms with Crippen LogP contribution in [0.25, 0.3) is 0 Å². The zero-order valence-electron chi connectivity index (χ0n) is 12.8. The third-order valence-corrected chi connectivity index (χ3v) is 4.28. The number of aryl methyl sites for hydroxylation is 1. The number of halogens is 1. The highest BCUT2D eigenvalue weighted by molar-refractivity contribution is 6.32. The van der Waals surface area contributed by atoms with Crippen molar-refractivity contribution in [1.29, 1.82) is 0 Å². The summed E-state index contributed by atoms with van der Waals surface area (Å²) in [6.07, 6.45) is 1.72. The largest absolute Gasteiger partial charge is 0.362 e. The van der Waals surface area contributed by atoms with E-state index >= 15 is 0 Å². The van der Waals surface area contributed by atoms with Gasteiger partial charge in [0.25, 0.3) is 5.69 Å². The van der Waals surface area contributed by atoms with E-state index in [9.17, 15) is 10.1 Å². The molecule has 0 spiro atoms. The molecule has 3 rings (SSSR count). The second kappa shape index (κ2) is 6.42. The van der Waals surface area contributed by atoms with E-state index < -0.39 is 0 Å². The van der Waals surface area contributed by atoms with Gasteiger partial charge >= 0.3 is 0 Å². The van der Waals surface area contributed by atoms with Crippen LogP contribution in [0.15, 0.2) is 36.5 Å². The molecule has 0 atom stereocenters. The Morgan fingerprint density at radius 2 is 1.87 bits per heavy atom. The normalized spacial score (nSPS) is 14.9. The van der Waals surface area contributed by atoms with Crippen molar-refractivity contribution in [3.63, 3.8) is 0 Å². The van der Waals surface area contributed by atoms with Crippen LogP contribution in [-0.2, 0) is 0 Å². The molecule has 0 N–H and O–H groups in total. The number of aromatic nitrogens is 1. The van der Waals surface area contributed by atoms with Gasteiger partial charge in [0, 0.05) is 38.4 Å². The van der Waals surface area contributed by atoms with Crippen molar-refractivity contribution < 1.29 is 4.92 Å². The van der Waals surface area contributed by atoms with Crippen LogP contribution in [0.3, 0.4) is 0 Å². The van der Waals surface area contributed by atoms with Gasteiger partial charge in [0.15, 0.2) is 0 Å². The van der Waals surface area contributed by atoms with Gasteiger partial charge in [-0.15, -0.1) is 0 Å². The Kier molecular flexibility index (Phi) is 4.34. The molecule has 1 aromatic heterocycles. The van der Waals surface area contributed by atoms with Gasteiger partial charge < -0.3 is 9.80 Å². The fourth-order valence-corrected chi connectivity index (χ4v) is 3.06. The van der Waals surface area contributed by atoms with Crippen LogP contribution in [0.1, 0.15) is 5.56 Å². The van der Waals surface area contributed by atoms with Gasteiger partial charge in [0.1, 0.15) is 11.5 Å². The highest BCUT2D eigenvalue weighted by Crippen LogP contribution is 2.31. The lowest BCUT2D eigenvalue weighted by Crippen LogP contribution is -2.47. The molecular formula is C16H17ClN4O2. The van der Waals surface area contributed by atoms with Crippen molar-refractivity contribution in [2.45, 2.75) is 6.92 Å². The summed E-state index contributed by atoms with van der Waals surface area (Å²) >= 11 is 6.19. The second-order valence-corrected chi connectivity index (χ2v) is 5.94. The number of nitro groups is 1. The first-order valence-corrected chi connectivity index (χ1v) is 7.79. The highest BCUT2D eigenvalue weighted by atomic mass is 35.5.